The second-order valence-electron chi connectivity index (χ2n) is 5.92. The van der Waals surface area contributed by atoms with Gasteiger partial charge in [0.1, 0.15) is 5.69 Å². The molecule has 1 atom stereocenters. The summed E-state index contributed by atoms with van der Waals surface area (Å²) in [7, 11) is 0. The Morgan fingerprint density at radius 2 is 2.17 bits per heavy atom. The third-order valence-corrected chi connectivity index (χ3v) is 4.16. The Morgan fingerprint density at radius 1 is 1.39 bits per heavy atom. The van der Waals surface area contributed by atoms with Crippen LogP contribution in [0, 0.1) is 0 Å². The summed E-state index contributed by atoms with van der Waals surface area (Å²) in [5.74, 6) is -0.391. The Morgan fingerprint density at radius 3 is 2.78 bits per heavy atom. The molecule has 0 spiro atoms. The van der Waals surface area contributed by atoms with Crippen LogP contribution in [-0.2, 0) is 6.18 Å². The molecule has 1 fully saturated rings. The fourth-order valence-electron chi connectivity index (χ4n) is 2.77. The van der Waals surface area contributed by atoms with Crippen LogP contribution in [0.2, 0.25) is 0 Å². The molecule has 1 unspecified atom stereocenters. The number of halogens is 3. The van der Waals surface area contributed by atoms with Crippen LogP contribution in [0.25, 0.3) is 0 Å². The van der Waals surface area contributed by atoms with Crippen molar-refractivity contribution in [2.24, 2.45) is 0 Å². The van der Waals surface area contributed by atoms with E-state index in [0.717, 1.165) is 37.8 Å². The fourth-order valence-corrected chi connectivity index (χ4v) is 2.77. The molecule has 2 heterocycles. The van der Waals surface area contributed by atoms with Gasteiger partial charge in [-0.2, -0.15) is 13.2 Å². The summed E-state index contributed by atoms with van der Waals surface area (Å²) in [4.78, 5) is 17.6. The minimum Gasteiger partial charge on any atom is -0.352 e. The van der Waals surface area contributed by atoms with Crippen molar-refractivity contribution in [3.63, 3.8) is 0 Å². The predicted molar refractivity (Wildman–Crippen MR) is 81.1 cm³/mol. The smallest absolute Gasteiger partial charge is 0.352 e. The van der Waals surface area contributed by atoms with Gasteiger partial charge < -0.3 is 10.2 Å². The molecule has 1 N–H and O–H groups in total. The first-order valence-corrected chi connectivity index (χ1v) is 7.93. The average molecular weight is 329 g/mol. The van der Waals surface area contributed by atoms with Gasteiger partial charge in [0, 0.05) is 25.3 Å². The van der Waals surface area contributed by atoms with Crippen LogP contribution in [-0.4, -0.2) is 41.5 Å². The molecule has 23 heavy (non-hydrogen) atoms. The van der Waals surface area contributed by atoms with Gasteiger partial charge in [-0.25, -0.2) is 0 Å². The standard InChI is InChI=1S/C16H22F3N3O/c1-12-5-2-3-9-22(12)10-4-8-20-15(23)13-6-7-14(21-11-13)16(17,18)19/h6-7,11-12H,2-5,8-10H2,1H3,(H,20,23). The number of hydrogen-bond acceptors (Lipinski definition) is 3. The Hall–Kier alpha value is -1.63. The van der Waals surface area contributed by atoms with Gasteiger partial charge in [0.25, 0.3) is 5.91 Å². The van der Waals surface area contributed by atoms with Gasteiger partial charge in [-0.15, -0.1) is 0 Å². The highest BCUT2D eigenvalue weighted by Gasteiger charge is 2.32. The van der Waals surface area contributed by atoms with Crippen LogP contribution in [0.5, 0.6) is 0 Å². The van der Waals surface area contributed by atoms with Crippen molar-refractivity contribution < 1.29 is 18.0 Å². The van der Waals surface area contributed by atoms with Gasteiger partial charge in [0.15, 0.2) is 0 Å². The maximum atomic E-state index is 12.4. The fraction of sp³-hybridized carbons (Fsp3) is 0.625. The summed E-state index contributed by atoms with van der Waals surface area (Å²) in [5, 5.41) is 2.72. The maximum absolute atomic E-state index is 12.4. The summed E-state index contributed by atoms with van der Waals surface area (Å²) >= 11 is 0. The Kier molecular flexibility index (Phi) is 5.98. The number of carbonyl (C=O) groups is 1. The Labute approximate surface area is 134 Å². The summed E-state index contributed by atoms with van der Waals surface area (Å²) in [5.41, 5.74) is -0.850. The second-order valence-corrected chi connectivity index (χ2v) is 5.92. The topological polar surface area (TPSA) is 45.2 Å². The summed E-state index contributed by atoms with van der Waals surface area (Å²) < 4.78 is 37.2. The van der Waals surface area contributed by atoms with E-state index in [1.165, 1.54) is 19.3 Å². The molecule has 1 aliphatic rings. The zero-order valence-corrected chi connectivity index (χ0v) is 13.2. The number of piperidine rings is 1. The molecule has 1 amide bonds. The van der Waals surface area contributed by atoms with E-state index in [9.17, 15) is 18.0 Å². The molecule has 1 aliphatic heterocycles. The lowest BCUT2D eigenvalue weighted by Crippen LogP contribution is -2.39. The molecule has 128 valence electrons. The molecular formula is C16H22F3N3O. The van der Waals surface area contributed by atoms with E-state index in [-0.39, 0.29) is 5.56 Å². The van der Waals surface area contributed by atoms with Crippen molar-refractivity contribution in [1.82, 2.24) is 15.2 Å². The van der Waals surface area contributed by atoms with E-state index < -0.39 is 17.8 Å². The highest BCUT2D eigenvalue weighted by atomic mass is 19.4. The zero-order chi connectivity index (χ0) is 16.9. The number of carbonyl (C=O) groups excluding carboxylic acids is 1. The lowest BCUT2D eigenvalue weighted by atomic mass is 10.0. The quantitative estimate of drug-likeness (QED) is 0.845. The van der Waals surface area contributed by atoms with Crippen LogP contribution in [0.15, 0.2) is 18.3 Å². The molecule has 4 nitrogen and oxygen atoms in total. The van der Waals surface area contributed by atoms with Crippen LogP contribution >= 0.6 is 0 Å². The van der Waals surface area contributed by atoms with Crippen molar-refractivity contribution in [3.8, 4) is 0 Å². The third kappa shape index (κ3) is 5.20. The highest BCUT2D eigenvalue weighted by molar-refractivity contribution is 5.93. The van der Waals surface area contributed by atoms with Gasteiger partial charge in [0.2, 0.25) is 0 Å². The van der Waals surface area contributed by atoms with Crippen LogP contribution in [0.4, 0.5) is 13.2 Å². The van der Waals surface area contributed by atoms with Crippen molar-refractivity contribution in [1.29, 1.82) is 0 Å². The monoisotopic (exact) mass is 329 g/mol. The number of nitrogens with zero attached hydrogens (tertiary/aromatic N) is 2. The van der Waals surface area contributed by atoms with Gasteiger partial charge in [0.05, 0.1) is 5.56 Å². The van der Waals surface area contributed by atoms with E-state index in [2.05, 4.69) is 22.1 Å². The van der Waals surface area contributed by atoms with E-state index >= 15 is 0 Å². The van der Waals surface area contributed by atoms with Crippen molar-refractivity contribution in [3.05, 3.63) is 29.6 Å². The minimum atomic E-state index is -4.49. The SMILES string of the molecule is CC1CCCCN1CCCNC(=O)c1ccc(C(F)(F)F)nc1. The van der Waals surface area contributed by atoms with E-state index in [0.29, 0.717) is 12.6 Å². The number of amides is 1. The lowest BCUT2D eigenvalue weighted by Gasteiger charge is -2.33. The Balaban J connectivity index is 1.74. The largest absolute Gasteiger partial charge is 0.433 e. The van der Waals surface area contributed by atoms with Crippen molar-refractivity contribution >= 4 is 5.91 Å². The molecule has 1 aromatic heterocycles. The van der Waals surface area contributed by atoms with Crippen molar-refractivity contribution in [2.45, 2.75) is 44.8 Å². The number of alkyl halides is 3. The van der Waals surface area contributed by atoms with Gasteiger partial charge in [-0.3, -0.25) is 9.78 Å². The number of nitrogens with one attached hydrogen (secondary N) is 1. The van der Waals surface area contributed by atoms with E-state index in [4.69, 9.17) is 0 Å². The number of rotatable bonds is 5. The van der Waals surface area contributed by atoms with E-state index in [1.807, 2.05) is 0 Å². The van der Waals surface area contributed by atoms with Crippen molar-refractivity contribution in [2.75, 3.05) is 19.6 Å². The zero-order valence-electron chi connectivity index (χ0n) is 13.2. The third-order valence-electron chi connectivity index (χ3n) is 4.16. The Bertz CT molecular complexity index is 516. The normalized spacial score (nSPS) is 19.6. The summed E-state index contributed by atoms with van der Waals surface area (Å²) in [6.07, 6.45) is 1.00. The maximum Gasteiger partial charge on any atom is 0.433 e. The molecule has 2 rings (SSSR count). The minimum absolute atomic E-state index is 0.143. The molecule has 0 aliphatic carbocycles. The number of hydrogen-bond donors (Lipinski definition) is 1. The van der Waals surface area contributed by atoms with Gasteiger partial charge in [-0.05, 0) is 44.9 Å². The molecule has 0 saturated carbocycles. The van der Waals surface area contributed by atoms with Gasteiger partial charge in [-0.1, -0.05) is 6.42 Å². The summed E-state index contributed by atoms with van der Waals surface area (Å²) in [6.45, 7) is 4.74. The molecule has 7 heteroatoms. The lowest BCUT2D eigenvalue weighted by molar-refractivity contribution is -0.141. The number of likely N-dealkylation sites (tertiary alicyclic amines) is 1. The highest BCUT2D eigenvalue weighted by Crippen LogP contribution is 2.27. The summed E-state index contributed by atoms with van der Waals surface area (Å²) in [6, 6.07) is 2.56. The second kappa shape index (κ2) is 7.77. The predicted octanol–water partition coefficient (Wildman–Crippen LogP) is 3.09. The molecule has 1 saturated heterocycles. The van der Waals surface area contributed by atoms with Gasteiger partial charge >= 0.3 is 6.18 Å². The first-order chi connectivity index (χ1) is 10.9. The molecule has 1 aromatic rings. The van der Waals surface area contributed by atoms with Crippen LogP contribution in [0.1, 0.15) is 48.7 Å². The van der Waals surface area contributed by atoms with Crippen LogP contribution < -0.4 is 5.32 Å². The first kappa shape index (κ1) is 17.7. The molecule has 0 bridgehead atoms. The molecule has 0 aromatic carbocycles. The number of aromatic nitrogens is 1. The first-order valence-electron chi connectivity index (χ1n) is 7.93. The van der Waals surface area contributed by atoms with Crippen LogP contribution in [0.3, 0.4) is 0 Å². The number of pyridine rings is 1. The van der Waals surface area contributed by atoms with E-state index in [1.54, 1.807) is 0 Å². The average Bonchev–Trinajstić information content (AvgIpc) is 2.52. The molecular weight excluding hydrogens is 307 g/mol. The molecule has 0 radical (unpaired) electrons.